The molecular formula is C16H28F3N3O. The largest absolute Gasteiger partial charge is 0.391 e. The van der Waals surface area contributed by atoms with E-state index in [1.165, 1.54) is 12.8 Å². The standard InChI is InChI=1S/C16H28F3N3O/c1-2-20-15(21-8-9-23-11-12-6-7-12)22-14-5-3-4-13(10-14)16(17,18)19/h12-14H,2-11H2,1H3,(H2,20,21,22). The molecule has 2 unspecified atom stereocenters. The van der Waals surface area contributed by atoms with E-state index in [1.807, 2.05) is 6.92 Å². The highest BCUT2D eigenvalue weighted by molar-refractivity contribution is 5.80. The number of guanidine groups is 1. The number of hydrogen-bond acceptors (Lipinski definition) is 2. The molecule has 0 aliphatic heterocycles. The van der Waals surface area contributed by atoms with Gasteiger partial charge in [-0.3, -0.25) is 4.99 Å². The normalized spacial score (nSPS) is 26.2. The summed E-state index contributed by atoms with van der Waals surface area (Å²) >= 11 is 0. The van der Waals surface area contributed by atoms with Crippen molar-refractivity contribution >= 4 is 5.96 Å². The van der Waals surface area contributed by atoms with Crippen LogP contribution in [0.15, 0.2) is 4.99 Å². The van der Waals surface area contributed by atoms with Gasteiger partial charge in [0.05, 0.1) is 19.1 Å². The van der Waals surface area contributed by atoms with Crippen LogP contribution in [0.5, 0.6) is 0 Å². The third-order valence-corrected chi connectivity index (χ3v) is 4.38. The topological polar surface area (TPSA) is 45.7 Å². The summed E-state index contributed by atoms with van der Waals surface area (Å²) in [5, 5.41) is 6.25. The van der Waals surface area contributed by atoms with E-state index in [9.17, 15) is 13.2 Å². The van der Waals surface area contributed by atoms with Crippen LogP contribution in [-0.4, -0.2) is 44.5 Å². The van der Waals surface area contributed by atoms with Crippen LogP contribution in [0, 0.1) is 11.8 Å². The zero-order valence-corrected chi connectivity index (χ0v) is 13.8. The number of hydrogen-bond donors (Lipinski definition) is 2. The summed E-state index contributed by atoms with van der Waals surface area (Å²) in [4.78, 5) is 4.40. The van der Waals surface area contributed by atoms with Gasteiger partial charge in [0.15, 0.2) is 5.96 Å². The third kappa shape index (κ3) is 6.97. The van der Waals surface area contributed by atoms with Crippen molar-refractivity contribution in [1.29, 1.82) is 0 Å². The molecule has 0 aromatic carbocycles. The predicted molar refractivity (Wildman–Crippen MR) is 84.5 cm³/mol. The first-order valence-electron chi connectivity index (χ1n) is 8.68. The molecule has 2 aliphatic rings. The smallest absolute Gasteiger partial charge is 0.379 e. The minimum atomic E-state index is -4.09. The van der Waals surface area contributed by atoms with Gasteiger partial charge in [0.2, 0.25) is 0 Å². The lowest BCUT2D eigenvalue weighted by Gasteiger charge is -2.31. The number of nitrogens with one attached hydrogen (secondary N) is 2. The van der Waals surface area contributed by atoms with E-state index in [4.69, 9.17) is 4.74 Å². The Kier molecular flexibility index (Phi) is 6.99. The molecule has 2 saturated carbocycles. The maximum atomic E-state index is 12.9. The van der Waals surface area contributed by atoms with Crippen molar-refractivity contribution < 1.29 is 17.9 Å². The van der Waals surface area contributed by atoms with E-state index < -0.39 is 12.1 Å². The second-order valence-electron chi connectivity index (χ2n) is 6.53. The highest BCUT2D eigenvalue weighted by Crippen LogP contribution is 2.37. The molecule has 23 heavy (non-hydrogen) atoms. The fourth-order valence-corrected chi connectivity index (χ4v) is 2.89. The average molecular weight is 335 g/mol. The number of alkyl halides is 3. The van der Waals surface area contributed by atoms with Crippen LogP contribution in [-0.2, 0) is 4.74 Å². The van der Waals surface area contributed by atoms with E-state index in [0.29, 0.717) is 32.1 Å². The van der Waals surface area contributed by atoms with Gasteiger partial charge in [-0.25, -0.2) is 0 Å². The first kappa shape index (κ1) is 18.4. The van der Waals surface area contributed by atoms with Gasteiger partial charge in [0, 0.05) is 19.2 Å². The molecule has 2 rings (SSSR count). The maximum Gasteiger partial charge on any atom is 0.391 e. The van der Waals surface area contributed by atoms with Gasteiger partial charge in [0.1, 0.15) is 0 Å². The van der Waals surface area contributed by atoms with Crippen LogP contribution >= 0.6 is 0 Å². The highest BCUT2D eigenvalue weighted by Gasteiger charge is 2.42. The lowest BCUT2D eigenvalue weighted by atomic mass is 9.85. The Balaban J connectivity index is 1.75. The number of halogens is 3. The predicted octanol–water partition coefficient (Wildman–Crippen LogP) is 3.09. The summed E-state index contributed by atoms with van der Waals surface area (Å²) < 4.78 is 44.1. The van der Waals surface area contributed by atoms with Gasteiger partial charge >= 0.3 is 6.18 Å². The van der Waals surface area contributed by atoms with Crippen molar-refractivity contribution in [2.75, 3.05) is 26.3 Å². The van der Waals surface area contributed by atoms with Gasteiger partial charge in [-0.05, 0) is 44.9 Å². The van der Waals surface area contributed by atoms with Gasteiger partial charge in [0.25, 0.3) is 0 Å². The van der Waals surface area contributed by atoms with E-state index >= 15 is 0 Å². The summed E-state index contributed by atoms with van der Waals surface area (Å²) in [6.45, 7) is 4.51. The van der Waals surface area contributed by atoms with Gasteiger partial charge in [-0.2, -0.15) is 13.2 Å². The molecule has 0 aromatic rings. The Labute approximate surface area is 136 Å². The van der Waals surface area contributed by atoms with Crippen molar-refractivity contribution in [3.63, 3.8) is 0 Å². The molecule has 0 amide bonds. The van der Waals surface area contributed by atoms with Crippen molar-refractivity contribution in [3.05, 3.63) is 0 Å². The second kappa shape index (κ2) is 8.76. The number of rotatable bonds is 7. The molecule has 2 fully saturated rings. The van der Waals surface area contributed by atoms with Gasteiger partial charge in [-0.1, -0.05) is 6.42 Å². The molecule has 0 saturated heterocycles. The molecule has 0 bridgehead atoms. The van der Waals surface area contributed by atoms with Crippen molar-refractivity contribution in [2.45, 2.75) is 57.7 Å². The van der Waals surface area contributed by atoms with Crippen LogP contribution in [0.3, 0.4) is 0 Å². The molecule has 4 nitrogen and oxygen atoms in total. The second-order valence-corrected chi connectivity index (χ2v) is 6.53. The highest BCUT2D eigenvalue weighted by atomic mass is 19.4. The Morgan fingerprint density at radius 1 is 1.22 bits per heavy atom. The SMILES string of the molecule is CCNC(=NCCOCC1CC1)NC1CCCC(C(F)(F)F)C1. The lowest BCUT2D eigenvalue weighted by Crippen LogP contribution is -2.47. The van der Waals surface area contributed by atoms with Gasteiger partial charge < -0.3 is 15.4 Å². The molecule has 7 heteroatoms. The average Bonchev–Trinajstić information content (AvgIpc) is 3.31. The zero-order chi connectivity index (χ0) is 16.7. The number of ether oxygens (including phenoxy) is 1. The molecule has 2 atom stereocenters. The first-order valence-corrected chi connectivity index (χ1v) is 8.68. The molecular weight excluding hydrogens is 307 g/mol. The molecule has 0 radical (unpaired) electrons. The fraction of sp³-hybridized carbons (Fsp3) is 0.938. The van der Waals surface area contributed by atoms with Gasteiger partial charge in [-0.15, -0.1) is 0 Å². The third-order valence-electron chi connectivity index (χ3n) is 4.38. The first-order chi connectivity index (χ1) is 11.0. The molecule has 2 N–H and O–H groups in total. The minimum Gasteiger partial charge on any atom is -0.379 e. The Hall–Kier alpha value is -0.980. The summed E-state index contributed by atoms with van der Waals surface area (Å²) in [5.74, 6) is 0.126. The Morgan fingerprint density at radius 3 is 2.65 bits per heavy atom. The molecule has 134 valence electrons. The Bertz CT molecular complexity index is 383. The monoisotopic (exact) mass is 335 g/mol. The van der Waals surface area contributed by atoms with Crippen LogP contribution < -0.4 is 10.6 Å². The molecule has 0 spiro atoms. The van der Waals surface area contributed by atoms with Crippen LogP contribution in [0.2, 0.25) is 0 Å². The summed E-state index contributed by atoms with van der Waals surface area (Å²) in [6, 6.07) is -0.166. The quantitative estimate of drug-likeness (QED) is 0.427. The van der Waals surface area contributed by atoms with Crippen molar-refractivity contribution in [3.8, 4) is 0 Å². The van der Waals surface area contributed by atoms with E-state index in [0.717, 1.165) is 18.9 Å². The number of nitrogens with zero attached hydrogens (tertiary/aromatic N) is 1. The van der Waals surface area contributed by atoms with Crippen molar-refractivity contribution in [1.82, 2.24) is 10.6 Å². The molecule has 0 heterocycles. The number of aliphatic imine (C=N–C) groups is 1. The van der Waals surface area contributed by atoms with Crippen LogP contribution in [0.25, 0.3) is 0 Å². The van der Waals surface area contributed by atoms with Crippen LogP contribution in [0.1, 0.15) is 45.4 Å². The molecule has 2 aliphatic carbocycles. The van der Waals surface area contributed by atoms with E-state index in [1.54, 1.807) is 0 Å². The van der Waals surface area contributed by atoms with Crippen molar-refractivity contribution in [2.24, 2.45) is 16.8 Å². The maximum absolute atomic E-state index is 12.9. The zero-order valence-electron chi connectivity index (χ0n) is 13.8. The summed E-state index contributed by atoms with van der Waals surface area (Å²) in [7, 11) is 0. The van der Waals surface area contributed by atoms with E-state index in [-0.39, 0.29) is 18.9 Å². The van der Waals surface area contributed by atoms with Crippen LogP contribution in [0.4, 0.5) is 13.2 Å². The fourth-order valence-electron chi connectivity index (χ4n) is 2.89. The summed E-state index contributed by atoms with van der Waals surface area (Å²) in [5.41, 5.74) is 0. The molecule has 0 aromatic heterocycles. The summed E-state index contributed by atoms with van der Waals surface area (Å²) in [6.07, 6.45) is 0.162. The minimum absolute atomic E-state index is 0.131. The Morgan fingerprint density at radius 2 is 2.00 bits per heavy atom. The van der Waals surface area contributed by atoms with E-state index in [2.05, 4.69) is 15.6 Å². The lowest BCUT2D eigenvalue weighted by molar-refractivity contribution is -0.183.